The second-order valence-corrected chi connectivity index (χ2v) is 5.66. The third kappa shape index (κ3) is 11.0. The van der Waals surface area contributed by atoms with E-state index in [0.717, 1.165) is 22.8 Å². The number of aromatic nitrogens is 2. The molecule has 0 aliphatic carbocycles. The smallest absolute Gasteiger partial charge is 0.375 e. The molecule has 2 aromatic rings. The summed E-state index contributed by atoms with van der Waals surface area (Å²) in [6.45, 7) is 3.65. The zero-order chi connectivity index (χ0) is 19.4. The number of pyridine rings is 2. The number of thiocarbonyl (C=S) groups is 2. The van der Waals surface area contributed by atoms with Crippen LogP contribution < -0.4 is 22.3 Å². The Bertz CT molecular complexity index is 714. The maximum atomic E-state index is 5.21. The molecule has 141 valence electrons. The maximum Gasteiger partial charge on any atom is 2.00 e. The molecule has 8 nitrogen and oxygen atoms in total. The van der Waals surface area contributed by atoms with Gasteiger partial charge in [0.2, 0.25) is 0 Å². The standard InChI is InChI=1S/2C8H10N4S.Mn/c2*1-6(11-12-8(9)13)7-4-2-3-5-10-7;/h2*2-5H,1H3,(H3,9,12,13);/q;;+2/b2*11-6+;. The second-order valence-electron chi connectivity index (χ2n) is 4.78. The fourth-order valence-corrected chi connectivity index (χ4v) is 1.64. The minimum atomic E-state index is 0. The van der Waals surface area contributed by atoms with E-state index in [4.69, 9.17) is 11.5 Å². The van der Waals surface area contributed by atoms with Crippen LogP contribution in [0.1, 0.15) is 25.2 Å². The Kier molecular flexibility index (Phi) is 12.5. The van der Waals surface area contributed by atoms with Crippen LogP contribution in [0.25, 0.3) is 0 Å². The molecule has 0 spiro atoms. The number of nitrogens with two attached hydrogens (primary N) is 2. The topological polar surface area (TPSA) is 127 Å². The van der Waals surface area contributed by atoms with Gasteiger partial charge >= 0.3 is 17.1 Å². The number of hydrogen-bond donors (Lipinski definition) is 4. The van der Waals surface area contributed by atoms with E-state index in [0.29, 0.717) is 0 Å². The van der Waals surface area contributed by atoms with E-state index >= 15 is 0 Å². The quantitative estimate of drug-likeness (QED) is 0.241. The summed E-state index contributed by atoms with van der Waals surface area (Å²) in [4.78, 5) is 8.20. The van der Waals surface area contributed by atoms with Crippen molar-refractivity contribution < 1.29 is 17.1 Å². The maximum absolute atomic E-state index is 5.21. The van der Waals surface area contributed by atoms with Crippen LogP contribution in [0.4, 0.5) is 0 Å². The second kappa shape index (κ2) is 13.7. The van der Waals surface area contributed by atoms with Crippen molar-refractivity contribution in [1.29, 1.82) is 0 Å². The van der Waals surface area contributed by atoms with E-state index in [1.54, 1.807) is 12.4 Å². The van der Waals surface area contributed by atoms with E-state index < -0.39 is 0 Å². The Morgan fingerprint density at radius 3 is 1.44 bits per heavy atom. The van der Waals surface area contributed by atoms with Crippen molar-refractivity contribution in [2.24, 2.45) is 21.7 Å². The molecule has 11 heteroatoms. The van der Waals surface area contributed by atoms with Crippen molar-refractivity contribution in [2.45, 2.75) is 13.8 Å². The van der Waals surface area contributed by atoms with Crippen molar-refractivity contribution in [2.75, 3.05) is 0 Å². The van der Waals surface area contributed by atoms with Crippen molar-refractivity contribution in [1.82, 2.24) is 20.8 Å². The predicted octanol–water partition coefficient (Wildman–Crippen LogP) is 1.28. The van der Waals surface area contributed by atoms with E-state index in [9.17, 15) is 0 Å². The number of nitrogens with one attached hydrogen (secondary N) is 2. The van der Waals surface area contributed by atoms with Gasteiger partial charge in [-0.3, -0.25) is 20.8 Å². The van der Waals surface area contributed by atoms with Gasteiger partial charge in [-0.2, -0.15) is 10.2 Å². The molecule has 2 aromatic heterocycles. The molecule has 0 fully saturated rings. The SMILES string of the molecule is C/C(=N\NC(N)=S)c1ccccn1.C/C(=N\NC(N)=S)c1ccccn1.[Mn+2]. The average molecular weight is 443 g/mol. The van der Waals surface area contributed by atoms with Crippen LogP contribution in [0.15, 0.2) is 59.0 Å². The van der Waals surface area contributed by atoms with Crippen molar-refractivity contribution in [3.8, 4) is 0 Å². The van der Waals surface area contributed by atoms with Crippen LogP contribution in [0.3, 0.4) is 0 Å². The number of hydrogen-bond acceptors (Lipinski definition) is 6. The van der Waals surface area contributed by atoms with E-state index in [1.807, 2.05) is 50.2 Å². The first kappa shape index (κ1) is 24.5. The van der Waals surface area contributed by atoms with Gasteiger partial charge in [-0.25, -0.2) is 0 Å². The molecule has 0 saturated heterocycles. The fourth-order valence-electron chi connectivity index (χ4n) is 1.55. The summed E-state index contributed by atoms with van der Waals surface area (Å²) in [5, 5.41) is 8.16. The van der Waals surface area contributed by atoms with Gasteiger partial charge in [-0.15, -0.1) is 0 Å². The molecule has 1 radical (unpaired) electrons. The summed E-state index contributed by atoms with van der Waals surface area (Å²) in [7, 11) is 0. The van der Waals surface area contributed by atoms with E-state index in [-0.39, 0.29) is 27.3 Å². The Hall–Kier alpha value is -2.46. The molecule has 0 aromatic carbocycles. The van der Waals surface area contributed by atoms with Gasteiger partial charge in [0, 0.05) is 12.4 Å². The molecule has 0 atom stereocenters. The van der Waals surface area contributed by atoms with Gasteiger partial charge in [-0.1, -0.05) is 12.1 Å². The molecule has 0 aliphatic heterocycles. The Morgan fingerprint density at radius 1 is 0.815 bits per heavy atom. The van der Waals surface area contributed by atoms with Crippen molar-refractivity contribution in [3.05, 3.63) is 60.2 Å². The normalized spacial score (nSPS) is 10.6. The Labute approximate surface area is 179 Å². The van der Waals surface area contributed by atoms with Crippen LogP contribution in [0.2, 0.25) is 0 Å². The molecule has 0 amide bonds. The Balaban J connectivity index is 0.000000483. The number of rotatable bonds is 4. The van der Waals surface area contributed by atoms with Crippen molar-refractivity contribution in [3.63, 3.8) is 0 Å². The summed E-state index contributed by atoms with van der Waals surface area (Å²) in [5.41, 5.74) is 18.5. The van der Waals surface area contributed by atoms with Crippen molar-refractivity contribution >= 4 is 46.1 Å². The van der Waals surface area contributed by atoms with Gasteiger partial charge in [0.05, 0.1) is 22.8 Å². The van der Waals surface area contributed by atoms with Gasteiger partial charge in [0.15, 0.2) is 10.2 Å². The minimum absolute atomic E-state index is 0. The first-order valence-electron chi connectivity index (χ1n) is 7.42. The summed E-state index contributed by atoms with van der Waals surface area (Å²) in [6, 6.07) is 11.2. The third-order valence-electron chi connectivity index (χ3n) is 2.74. The summed E-state index contributed by atoms with van der Waals surface area (Å²) in [6.07, 6.45) is 3.41. The molecule has 2 rings (SSSR count). The summed E-state index contributed by atoms with van der Waals surface area (Å²) < 4.78 is 0. The number of hydrazone groups is 2. The van der Waals surface area contributed by atoms with Gasteiger partial charge in [0.25, 0.3) is 0 Å². The van der Waals surface area contributed by atoms with Gasteiger partial charge in [0.1, 0.15) is 0 Å². The predicted molar refractivity (Wildman–Crippen MR) is 113 cm³/mol. The summed E-state index contributed by atoms with van der Waals surface area (Å²) >= 11 is 9.21. The number of nitrogens with zero attached hydrogens (tertiary/aromatic N) is 4. The molecule has 6 N–H and O–H groups in total. The first-order chi connectivity index (χ1) is 12.4. The molecular formula is C16H20MnN8S2+2. The molecular weight excluding hydrogens is 423 g/mol. The Morgan fingerprint density at radius 2 is 1.19 bits per heavy atom. The molecule has 2 heterocycles. The van der Waals surface area contributed by atoms with Crippen LogP contribution >= 0.6 is 24.4 Å². The van der Waals surface area contributed by atoms with E-state index in [2.05, 4.69) is 55.5 Å². The zero-order valence-corrected chi connectivity index (χ0v) is 17.6. The molecule has 27 heavy (non-hydrogen) atoms. The molecule has 0 aliphatic rings. The molecule has 0 unspecified atom stereocenters. The first-order valence-corrected chi connectivity index (χ1v) is 8.24. The van der Waals surface area contributed by atoms with Crippen LogP contribution in [0.5, 0.6) is 0 Å². The van der Waals surface area contributed by atoms with Gasteiger partial charge < -0.3 is 11.5 Å². The fraction of sp³-hybridized carbons (Fsp3) is 0.125. The van der Waals surface area contributed by atoms with Crippen LogP contribution in [-0.4, -0.2) is 31.6 Å². The summed E-state index contributed by atoms with van der Waals surface area (Å²) in [5.74, 6) is 0. The molecule has 0 bridgehead atoms. The largest absolute Gasteiger partial charge is 2.00 e. The van der Waals surface area contributed by atoms with Crippen LogP contribution in [-0.2, 0) is 17.1 Å². The van der Waals surface area contributed by atoms with Gasteiger partial charge in [-0.05, 0) is 62.5 Å². The average Bonchev–Trinajstić information content (AvgIpc) is 2.66. The monoisotopic (exact) mass is 443 g/mol. The van der Waals surface area contributed by atoms with Crippen LogP contribution in [0, 0.1) is 0 Å². The molecule has 0 saturated carbocycles. The minimum Gasteiger partial charge on any atom is -0.375 e. The zero-order valence-electron chi connectivity index (χ0n) is 14.8. The third-order valence-corrected chi connectivity index (χ3v) is 2.92. The van der Waals surface area contributed by atoms with E-state index in [1.165, 1.54) is 0 Å².